The molecule has 0 spiro atoms. The number of likely N-dealkylation sites (N-methyl/N-ethyl adjacent to an activating group) is 2. The van der Waals surface area contributed by atoms with Gasteiger partial charge in [0.25, 0.3) is 0 Å². The molecule has 2 rings (SSSR count). The molecule has 1 aromatic rings. The monoisotopic (exact) mass is 363 g/mol. The second-order valence-corrected chi connectivity index (χ2v) is 7.87. The summed E-state index contributed by atoms with van der Waals surface area (Å²) in [5.41, 5.74) is 0.734. The largest absolute Gasteiger partial charge is 0.357 e. The first-order chi connectivity index (χ1) is 12.3. The molecule has 0 amide bonds. The lowest BCUT2D eigenvalue weighted by Gasteiger charge is -2.38. The molecule has 1 aliphatic heterocycles. The summed E-state index contributed by atoms with van der Waals surface area (Å²) in [6.45, 7) is 11.8. The van der Waals surface area contributed by atoms with Crippen molar-refractivity contribution < 1.29 is 4.39 Å². The SMILES string of the molecule is CCNC(=NCC(C)(C)c1cccc(F)c1)NCC1CN(C)CCN1C. The summed E-state index contributed by atoms with van der Waals surface area (Å²) >= 11 is 0. The summed E-state index contributed by atoms with van der Waals surface area (Å²) < 4.78 is 13.5. The lowest BCUT2D eigenvalue weighted by Crippen LogP contribution is -2.55. The molecule has 146 valence electrons. The Morgan fingerprint density at radius 1 is 1.27 bits per heavy atom. The van der Waals surface area contributed by atoms with Crippen LogP contribution in [0.5, 0.6) is 0 Å². The highest BCUT2D eigenvalue weighted by atomic mass is 19.1. The highest BCUT2D eigenvalue weighted by molar-refractivity contribution is 5.79. The van der Waals surface area contributed by atoms with Gasteiger partial charge in [-0.2, -0.15) is 0 Å². The normalized spacial score (nSPS) is 20.2. The van der Waals surface area contributed by atoms with Gasteiger partial charge in [-0.3, -0.25) is 9.89 Å². The number of halogens is 1. The van der Waals surface area contributed by atoms with E-state index in [-0.39, 0.29) is 11.2 Å². The Morgan fingerprint density at radius 3 is 2.73 bits per heavy atom. The van der Waals surface area contributed by atoms with Crippen LogP contribution in [0.3, 0.4) is 0 Å². The van der Waals surface area contributed by atoms with Crippen LogP contribution in [0, 0.1) is 5.82 Å². The van der Waals surface area contributed by atoms with E-state index >= 15 is 0 Å². The summed E-state index contributed by atoms with van der Waals surface area (Å²) in [5, 5.41) is 6.79. The van der Waals surface area contributed by atoms with E-state index in [0.29, 0.717) is 12.6 Å². The maximum atomic E-state index is 13.5. The van der Waals surface area contributed by atoms with E-state index in [4.69, 9.17) is 4.99 Å². The van der Waals surface area contributed by atoms with E-state index in [9.17, 15) is 4.39 Å². The average molecular weight is 364 g/mol. The fourth-order valence-electron chi connectivity index (χ4n) is 3.16. The Hall–Kier alpha value is -1.66. The summed E-state index contributed by atoms with van der Waals surface area (Å²) in [4.78, 5) is 9.52. The van der Waals surface area contributed by atoms with E-state index in [1.165, 1.54) is 6.07 Å². The number of hydrogen-bond acceptors (Lipinski definition) is 3. The van der Waals surface area contributed by atoms with Gasteiger partial charge in [0.15, 0.2) is 5.96 Å². The first-order valence-electron chi connectivity index (χ1n) is 9.49. The number of benzene rings is 1. The third kappa shape index (κ3) is 5.95. The molecule has 0 radical (unpaired) electrons. The van der Waals surface area contributed by atoms with Crippen LogP contribution >= 0.6 is 0 Å². The van der Waals surface area contributed by atoms with Crippen LogP contribution in [0.4, 0.5) is 4.39 Å². The molecular weight excluding hydrogens is 329 g/mol. The number of rotatable bonds is 6. The van der Waals surface area contributed by atoms with Crippen LogP contribution in [0.1, 0.15) is 26.3 Å². The molecule has 1 aliphatic rings. The molecule has 1 aromatic carbocycles. The number of aliphatic imine (C=N–C) groups is 1. The first-order valence-corrected chi connectivity index (χ1v) is 9.49. The zero-order valence-electron chi connectivity index (χ0n) is 16.8. The second kappa shape index (κ2) is 9.33. The number of hydrogen-bond donors (Lipinski definition) is 2. The number of nitrogens with zero attached hydrogens (tertiary/aromatic N) is 3. The lowest BCUT2D eigenvalue weighted by molar-refractivity contribution is 0.116. The second-order valence-electron chi connectivity index (χ2n) is 7.87. The fourth-order valence-corrected chi connectivity index (χ4v) is 3.16. The molecule has 2 N–H and O–H groups in total. The Kier molecular flexibility index (Phi) is 7.41. The Labute approximate surface area is 157 Å². The Balaban J connectivity index is 1.99. The van der Waals surface area contributed by atoms with Gasteiger partial charge in [0, 0.05) is 44.2 Å². The van der Waals surface area contributed by atoms with Crippen LogP contribution in [0.25, 0.3) is 0 Å². The van der Waals surface area contributed by atoms with Gasteiger partial charge in [0.2, 0.25) is 0 Å². The lowest BCUT2D eigenvalue weighted by atomic mass is 9.85. The van der Waals surface area contributed by atoms with Crippen molar-refractivity contribution in [2.24, 2.45) is 4.99 Å². The molecule has 1 atom stereocenters. The van der Waals surface area contributed by atoms with Crippen LogP contribution in [-0.4, -0.2) is 75.2 Å². The van der Waals surface area contributed by atoms with E-state index in [2.05, 4.69) is 55.3 Å². The van der Waals surface area contributed by atoms with Gasteiger partial charge in [-0.25, -0.2) is 4.39 Å². The van der Waals surface area contributed by atoms with Crippen molar-refractivity contribution in [3.8, 4) is 0 Å². The van der Waals surface area contributed by atoms with Crippen molar-refractivity contribution >= 4 is 5.96 Å². The minimum atomic E-state index is -0.230. The van der Waals surface area contributed by atoms with E-state index in [1.807, 2.05) is 6.07 Å². The molecule has 26 heavy (non-hydrogen) atoms. The first kappa shape index (κ1) is 20.6. The molecule has 1 heterocycles. The maximum absolute atomic E-state index is 13.5. The van der Waals surface area contributed by atoms with Crippen LogP contribution in [0.15, 0.2) is 29.3 Å². The van der Waals surface area contributed by atoms with Gasteiger partial charge < -0.3 is 15.5 Å². The van der Waals surface area contributed by atoms with Crippen molar-refractivity contribution in [2.45, 2.75) is 32.2 Å². The zero-order valence-corrected chi connectivity index (χ0v) is 16.8. The summed E-state index contributed by atoms with van der Waals surface area (Å²) in [5.74, 6) is 0.618. The summed E-state index contributed by atoms with van der Waals surface area (Å²) in [6.07, 6.45) is 0. The fraction of sp³-hybridized carbons (Fsp3) is 0.650. The van der Waals surface area contributed by atoms with E-state index < -0.39 is 0 Å². The van der Waals surface area contributed by atoms with Crippen molar-refractivity contribution in [2.75, 3.05) is 53.4 Å². The standard InChI is InChI=1S/C20H34FN5/c1-6-22-19(23-13-18-14-25(4)10-11-26(18)5)24-15-20(2,3)16-8-7-9-17(21)12-16/h7-9,12,18H,6,10-11,13-15H2,1-5H3,(H2,22,23,24). The number of nitrogens with one attached hydrogen (secondary N) is 2. The topological polar surface area (TPSA) is 42.9 Å². The predicted octanol–water partition coefficient (Wildman–Crippen LogP) is 1.90. The third-order valence-electron chi connectivity index (χ3n) is 5.07. The third-order valence-corrected chi connectivity index (χ3v) is 5.07. The molecular formula is C20H34FN5. The molecule has 1 unspecified atom stereocenters. The predicted molar refractivity (Wildman–Crippen MR) is 107 cm³/mol. The Morgan fingerprint density at radius 2 is 2.04 bits per heavy atom. The molecule has 0 saturated carbocycles. The van der Waals surface area contributed by atoms with Crippen molar-refractivity contribution in [1.29, 1.82) is 0 Å². The van der Waals surface area contributed by atoms with Crippen molar-refractivity contribution in [3.05, 3.63) is 35.6 Å². The highest BCUT2D eigenvalue weighted by Gasteiger charge is 2.23. The summed E-state index contributed by atoms with van der Waals surface area (Å²) in [6, 6.07) is 7.27. The minimum Gasteiger partial charge on any atom is -0.357 e. The minimum absolute atomic E-state index is 0.200. The zero-order chi connectivity index (χ0) is 19.2. The quantitative estimate of drug-likeness (QED) is 0.599. The number of piperazine rings is 1. The highest BCUT2D eigenvalue weighted by Crippen LogP contribution is 2.24. The van der Waals surface area contributed by atoms with Gasteiger partial charge in [-0.05, 0) is 38.7 Å². The molecule has 1 saturated heterocycles. The molecule has 5 nitrogen and oxygen atoms in total. The maximum Gasteiger partial charge on any atom is 0.191 e. The molecule has 0 aliphatic carbocycles. The molecule has 0 aromatic heterocycles. The van der Waals surface area contributed by atoms with Crippen molar-refractivity contribution in [3.63, 3.8) is 0 Å². The summed E-state index contributed by atoms with van der Waals surface area (Å²) in [7, 11) is 4.34. The van der Waals surface area contributed by atoms with Crippen LogP contribution in [-0.2, 0) is 5.41 Å². The number of guanidine groups is 1. The van der Waals surface area contributed by atoms with Gasteiger partial charge in [-0.1, -0.05) is 26.0 Å². The van der Waals surface area contributed by atoms with Gasteiger partial charge in [0.05, 0.1) is 6.54 Å². The Bertz CT molecular complexity index is 602. The van der Waals surface area contributed by atoms with Crippen molar-refractivity contribution in [1.82, 2.24) is 20.4 Å². The van der Waals surface area contributed by atoms with Crippen LogP contribution < -0.4 is 10.6 Å². The molecule has 1 fully saturated rings. The molecule has 6 heteroatoms. The smallest absolute Gasteiger partial charge is 0.191 e. The van der Waals surface area contributed by atoms with E-state index in [1.54, 1.807) is 12.1 Å². The average Bonchev–Trinajstić information content (AvgIpc) is 2.60. The van der Waals surface area contributed by atoms with Gasteiger partial charge in [0.1, 0.15) is 5.82 Å². The van der Waals surface area contributed by atoms with E-state index in [0.717, 1.165) is 44.2 Å². The molecule has 0 bridgehead atoms. The van der Waals surface area contributed by atoms with Gasteiger partial charge in [-0.15, -0.1) is 0 Å². The van der Waals surface area contributed by atoms with Crippen LogP contribution in [0.2, 0.25) is 0 Å². The van der Waals surface area contributed by atoms with Gasteiger partial charge >= 0.3 is 0 Å².